The van der Waals surface area contributed by atoms with Gasteiger partial charge in [0.1, 0.15) is 0 Å². The van der Waals surface area contributed by atoms with Crippen LogP contribution in [0.5, 0.6) is 0 Å². The molecule has 0 saturated heterocycles. The van der Waals surface area contributed by atoms with Gasteiger partial charge in [0.25, 0.3) is 0 Å². The van der Waals surface area contributed by atoms with Crippen LogP contribution in [0.1, 0.15) is 6.92 Å². The van der Waals surface area contributed by atoms with E-state index in [1.807, 2.05) is 0 Å². The molecule has 2 nitrogen and oxygen atoms in total. The molecule has 0 bridgehead atoms. The van der Waals surface area contributed by atoms with E-state index in [9.17, 15) is 13.2 Å². The molecule has 1 atom stereocenters. The summed E-state index contributed by atoms with van der Waals surface area (Å²) >= 11 is 0. The Balaban J connectivity index is 5.05. The van der Waals surface area contributed by atoms with Gasteiger partial charge in [-0.3, -0.25) is 0 Å². The summed E-state index contributed by atoms with van der Waals surface area (Å²) in [5.41, 5.74) is -3.48. The molecule has 0 fully saturated rings. The molecule has 0 amide bonds. The average Bonchev–Trinajstić information content (AvgIpc) is 1.99. The van der Waals surface area contributed by atoms with Crippen molar-refractivity contribution in [3.05, 3.63) is 0 Å². The highest BCUT2D eigenvalue weighted by Crippen LogP contribution is 2.35. The third-order valence-electron chi connectivity index (χ3n) is 2.03. The predicted molar refractivity (Wildman–Crippen MR) is 67.1 cm³/mol. The second-order valence-corrected chi connectivity index (χ2v) is 13.2. The summed E-state index contributed by atoms with van der Waals surface area (Å²) in [5.74, 6) is 0. The predicted octanol–water partition coefficient (Wildman–Crippen LogP) is 2.59. The topological polar surface area (TPSA) is 18.5 Å². The van der Waals surface area contributed by atoms with Crippen LogP contribution in [-0.2, 0) is 8.23 Å². The van der Waals surface area contributed by atoms with Gasteiger partial charge in [0.05, 0.1) is 0 Å². The van der Waals surface area contributed by atoms with Gasteiger partial charge in [0.2, 0.25) is 0 Å². The van der Waals surface area contributed by atoms with E-state index in [2.05, 4.69) is 0 Å². The number of hydrogen-bond acceptors (Lipinski definition) is 2. The average molecular weight is 291 g/mol. The minimum Gasteiger partial charge on any atom is -0.436 e. The lowest BCUT2D eigenvalue weighted by Crippen LogP contribution is -2.62. The molecule has 0 radical (unpaired) electrons. The summed E-state index contributed by atoms with van der Waals surface area (Å²) < 4.78 is 51.4. The summed E-state index contributed by atoms with van der Waals surface area (Å²) in [5, 5.41) is 0. The van der Waals surface area contributed by atoms with Crippen molar-refractivity contribution in [1.29, 1.82) is 0 Å². The van der Waals surface area contributed by atoms with Crippen LogP contribution in [-0.4, -0.2) is 38.4 Å². The zero-order valence-corrected chi connectivity index (χ0v) is 14.0. The van der Waals surface area contributed by atoms with Crippen molar-refractivity contribution in [2.75, 3.05) is 0 Å². The molecular formula is C8H21F3O2Si3. The highest BCUT2D eigenvalue weighted by atomic mass is 28.5. The molecule has 0 aromatic heterocycles. The molecule has 0 aliphatic heterocycles. The maximum atomic E-state index is 13.8. The van der Waals surface area contributed by atoms with Gasteiger partial charge >= 0.3 is 14.1 Å². The lowest BCUT2D eigenvalue weighted by Gasteiger charge is -2.38. The fourth-order valence-electron chi connectivity index (χ4n) is 1.45. The number of rotatable bonds is 6. The van der Waals surface area contributed by atoms with Crippen LogP contribution in [0.15, 0.2) is 0 Å². The van der Waals surface area contributed by atoms with E-state index in [0.29, 0.717) is 0 Å². The zero-order valence-electron chi connectivity index (χ0n) is 10.7. The first-order valence-corrected chi connectivity index (χ1v) is 13.3. The van der Waals surface area contributed by atoms with Crippen LogP contribution in [0.3, 0.4) is 0 Å². The maximum absolute atomic E-state index is 13.8. The number of alkyl halides is 3. The van der Waals surface area contributed by atoms with Crippen molar-refractivity contribution in [2.24, 2.45) is 0 Å². The highest BCUT2D eigenvalue weighted by Gasteiger charge is 2.61. The van der Waals surface area contributed by atoms with Crippen LogP contribution in [0.2, 0.25) is 32.7 Å². The van der Waals surface area contributed by atoms with Gasteiger partial charge in [-0.1, -0.05) is 0 Å². The highest BCUT2D eigenvalue weighted by molar-refractivity contribution is 6.80. The molecule has 16 heavy (non-hydrogen) atoms. The summed E-state index contributed by atoms with van der Waals surface area (Å²) in [6.07, 6.45) is -2.23. The van der Waals surface area contributed by atoms with Gasteiger partial charge in [-0.05, 0) is 39.7 Å². The van der Waals surface area contributed by atoms with Crippen LogP contribution in [0.25, 0.3) is 0 Å². The third kappa shape index (κ3) is 3.99. The second-order valence-electron chi connectivity index (χ2n) is 4.52. The van der Waals surface area contributed by atoms with Crippen molar-refractivity contribution in [2.45, 2.75) is 51.4 Å². The molecule has 0 aromatic rings. The maximum Gasteiger partial charge on any atom is 0.393 e. The van der Waals surface area contributed by atoms with Crippen LogP contribution >= 0.6 is 0 Å². The summed E-state index contributed by atoms with van der Waals surface area (Å²) in [6.45, 7) is 9.29. The number of hydrogen-bond donors (Lipinski definition) is 0. The normalized spacial score (nSPS) is 15.9. The molecule has 0 heterocycles. The zero-order chi connectivity index (χ0) is 13.1. The fourth-order valence-corrected chi connectivity index (χ4v) is 11.3. The van der Waals surface area contributed by atoms with Crippen LogP contribution in [0, 0.1) is 0 Å². The summed E-state index contributed by atoms with van der Waals surface area (Å²) in [4.78, 5) is 0. The summed E-state index contributed by atoms with van der Waals surface area (Å²) in [6, 6.07) is 0. The van der Waals surface area contributed by atoms with E-state index >= 15 is 0 Å². The standard InChI is InChI=1S/C8H21F3O2Si3/c1-7(9)8(10,11)16(6,12-14(2)3)13-15(4)5/h7,14-15H,1-6H3. The first kappa shape index (κ1) is 16.4. The van der Waals surface area contributed by atoms with Crippen molar-refractivity contribution in [3.8, 4) is 0 Å². The van der Waals surface area contributed by atoms with E-state index in [-0.39, 0.29) is 0 Å². The van der Waals surface area contributed by atoms with E-state index < -0.39 is 38.4 Å². The molecule has 0 spiro atoms. The van der Waals surface area contributed by atoms with Gasteiger partial charge in [0, 0.05) is 0 Å². The molecule has 0 N–H and O–H groups in total. The Morgan fingerprint density at radius 1 is 1.06 bits per heavy atom. The van der Waals surface area contributed by atoms with Gasteiger partial charge in [0.15, 0.2) is 24.3 Å². The van der Waals surface area contributed by atoms with Crippen molar-refractivity contribution >= 4 is 26.6 Å². The van der Waals surface area contributed by atoms with Gasteiger partial charge in [-0.15, -0.1) is 0 Å². The molecule has 0 aromatic carbocycles. The second kappa shape index (κ2) is 5.80. The first-order valence-electron chi connectivity index (χ1n) is 5.40. The SMILES string of the molecule is CC(F)C(F)(F)[Si](C)(O[SiH](C)C)O[SiH](C)C. The molecule has 0 saturated carbocycles. The Bertz CT molecular complexity index is 215. The van der Waals surface area contributed by atoms with Gasteiger partial charge < -0.3 is 8.23 Å². The third-order valence-corrected chi connectivity index (χ3v) is 11.0. The van der Waals surface area contributed by atoms with E-state index in [4.69, 9.17) is 8.23 Å². The molecule has 8 heteroatoms. The van der Waals surface area contributed by atoms with Gasteiger partial charge in [-0.25, -0.2) is 13.2 Å². The van der Waals surface area contributed by atoms with E-state index in [0.717, 1.165) is 6.92 Å². The van der Waals surface area contributed by atoms with Crippen molar-refractivity contribution in [3.63, 3.8) is 0 Å². The lowest BCUT2D eigenvalue weighted by atomic mass is 10.5. The molecule has 1 unspecified atom stereocenters. The Morgan fingerprint density at radius 3 is 1.56 bits per heavy atom. The first-order chi connectivity index (χ1) is 7.03. The number of halogens is 3. The summed E-state index contributed by atoms with van der Waals surface area (Å²) in [7, 11) is -7.12. The minimum atomic E-state index is -3.75. The smallest absolute Gasteiger partial charge is 0.393 e. The quantitative estimate of drug-likeness (QED) is 0.700. The van der Waals surface area contributed by atoms with E-state index in [1.165, 1.54) is 6.55 Å². The molecule has 0 aliphatic carbocycles. The lowest BCUT2D eigenvalue weighted by molar-refractivity contribution is -0.0232. The fraction of sp³-hybridized carbons (Fsp3) is 1.00. The minimum absolute atomic E-state index is 0.863. The van der Waals surface area contributed by atoms with Crippen LogP contribution < -0.4 is 0 Å². The molecule has 0 aliphatic rings. The molecular weight excluding hydrogens is 269 g/mol. The van der Waals surface area contributed by atoms with Crippen molar-refractivity contribution < 1.29 is 21.4 Å². The van der Waals surface area contributed by atoms with Crippen LogP contribution in [0.4, 0.5) is 13.2 Å². The molecule has 98 valence electrons. The van der Waals surface area contributed by atoms with Gasteiger partial charge in [-0.2, -0.15) is 0 Å². The monoisotopic (exact) mass is 290 g/mol. The largest absolute Gasteiger partial charge is 0.436 e. The van der Waals surface area contributed by atoms with E-state index in [1.54, 1.807) is 26.2 Å². The molecule has 0 rings (SSSR count). The Morgan fingerprint density at radius 2 is 1.38 bits per heavy atom. The Labute approximate surface area is 99.8 Å². The Hall–Kier alpha value is 0.361. The Kier molecular flexibility index (Phi) is 5.94. The van der Waals surface area contributed by atoms with Crippen molar-refractivity contribution in [1.82, 2.24) is 0 Å².